The summed E-state index contributed by atoms with van der Waals surface area (Å²) < 4.78 is 24.3. The van der Waals surface area contributed by atoms with E-state index in [-0.39, 0.29) is 0 Å². The average Bonchev–Trinajstić information content (AvgIpc) is 2.59. The van der Waals surface area contributed by atoms with Gasteiger partial charge in [-0.25, -0.2) is 0 Å². The highest BCUT2D eigenvalue weighted by Crippen LogP contribution is 2.29. The smallest absolute Gasteiger partial charge is 0.315 e. The summed E-state index contributed by atoms with van der Waals surface area (Å²) in [6, 6.07) is 0. The van der Waals surface area contributed by atoms with Gasteiger partial charge in [0.25, 0.3) is 5.91 Å². The zero-order valence-electron chi connectivity index (χ0n) is 8.67. The molecule has 0 N–H and O–H groups in total. The summed E-state index contributed by atoms with van der Waals surface area (Å²) in [4.78, 5) is 12.4. The minimum absolute atomic E-state index is 0.405. The first kappa shape index (κ1) is 11.4. The van der Waals surface area contributed by atoms with Crippen LogP contribution in [0.1, 0.15) is 26.7 Å². The van der Waals surface area contributed by atoms with Crippen LogP contribution in [0.3, 0.4) is 0 Å². The van der Waals surface area contributed by atoms with Crippen LogP contribution in [-0.4, -0.2) is 30.3 Å². The molecule has 0 aromatic rings. The van der Waals surface area contributed by atoms with Crippen molar-refractivity contribution in [3.63, 3.8) is 0 Å². The maximum absolute atomic E-state index is 12.2. The Kier molecular flexibility index (Phi) is 3.84. The van der Waals surface area contributed by atoms with Gasteiger partial charge in [-0.15, -0.1) is 0 Å². The third-order valence-corrected chi connectivity index (χ3v) is 3.12. The lowest BCUT2D eigenvalue weighted by molar-refractivity contribution is -0.141. The Bertz CT molecular complexity index is 196. The molecule has 0 spiro atoms. The van der Waals surface area contributed by atoms with Gasteiger partial charge in [0.1, 0.15) is 0 Å². The van der Waals surface area contributed by atoms with E-state index in [0.29, 0.717) is 24.9 Å². The number of hydrogen-bond acceptors (Lipinski definition) is 1. The Balaban J connectivity index is 2.57. The van der Waals surface area contributed by atoms with E-state index in [2.05, 4.69) is 0 Å². The van der Waals surface area contributed by atoms with Crippen molar-refractivity contribution in [2.24, 2.45) is 11.8 Å². The van der Waals surface area contributed by atoms with E-state index in [0.717, 1.165) is 12.8 Å². The average molecular weight is 205 g/mol. The lowest BCUT2D eigenvalue weighted by Crippen LogP contribution is -2.33. The predicted octanol–water partition coefficient (Wildman–Crippen LogP) is 2.15. The second kappa shape index (κ2) is 4.71. The number of likely N-dealkylation sites (tertiary alicyclic amines) is 1. The van der Waals surface area contributed by atoms with Gasteiger partial charge < -0.3 is 4.90 Å². The van der Waals surface area contributed by atoms with Gasteiger partial charge in [-0.1, -0.05) is 26.7 Å². The van der Waals surface area contributed by atoms with Gasteiger partial charge in [-0.3, -0.25) is 4.79 Å². The van der Waals surface area contributed by atoms with Crippen molar-refractivity contribution < 1.29 is 13.6 Å². The first-order valence-corrected chi connectivity index (χ1v) is 5.17. The van der Waals surface area contributed by atoms with E-state index in [9.17, 15) is 13.6 Å². The molecule has 2 atom stereocenters. The van der Waals surface area contributed by atoms with Crippen molar-refractivity contribution in [3.05, 3.63) is 0 Å². The molecule has 0 radical (unpaired) electrons. The zero-order chi connectivity index (χ0) is 10.7. The molecule has 1 rings (SSSR count). The number of carbonyl (C=O) groups excluding carboxylic acids is 1. The minimum Gasteiger partial charge on any atom is -0.337 e. The minimum atomic E-state index is -2.84. The van der Waals surface area contributed by atoms with Crippen LogP contribution >= 0.6 is 0 Å². The lowest BCUT2D eigenvalue weighted by atomic mass is 9.92. The highest BCUT2D eigenvalue weighted by molar-refractivity contribution is 5.79. The molecule has 0 aliphatic carbocycles. The fourth-order valence-electron chi connectivity index (χ4n) is 2.18. The van der Waals surface area contributed by atoms with Crippen molar-refractivity contribution in [1.29, 1.82) is 0 Å². The lowest BCUT2D eigenvalue weighted by Gasteiger charge is -2.14. The van der Waals surface area contributed by atoms with E-state index in [4.69, 9.17) is 0 Å². The number of nitrogens with zero attached hydrogens (tertiary/aromatic N) is 1. The maximum atomic E-state index is 12.2. The first-order chi connectivity index (χ1) is 6.60. The van der Waals surface area contributed by atoms with Gasteiger partial charge in [0, 0.05) is 13.1 Å². The van der Waals surface area contributed by atoms with Crippen LogP contribution < -0.4 is 0 Å². The Morgan fingerprint density at radius 1 is 1.29 bits per heavy atom. The Morgan fingerprint density at radius 3 is 2.00 bits per heavy atom. The standard InChI is InChI=1S/C10H17F2NO/c1-3-7-5-13(6-8(7)4-2)10(14)9(11)12/h7-9H,3-6H2,1-2H3. The van der Waals surface area contributed by atoms with E-state index in [1.54, 1.807) is 0 Å². The molecule has 0 aromatic heterocycles. The van der Waals surface area contributed by atoms with Crippen LogP contribution in [0.4, 0.5) is 8.78 Å². The highest BCUT2D eigenvalue weighted by Gasteiger charge is 2.35. The summed E-state index contributed by atoms with van der Waals surface area (Å²) in [6.07, 6.45) is -0.917. The van der Waals surface area contributed by atoms with Gasteiger partial charge in [-0.2, -0.15) is 8.78 Å². The SMILES string of the molecule is CCC1CN(C(=O)C(F)F)CC1CC. The van der Waals surface area contributed by atoms with Gasteiger partial charge in [0.2, 0.25) is 0 Å². The summed E-state index contributed by atoms with van der Waals surface area (Å²) in [5, 5.41) is 0. The van der Waals surface area contributed by atoms with E-state index in [1.165, 1.54) is 4.90 Å². The molecular formula is C10H17F2NO. The Labute approximate surface area is 83.3 Å². The molecule has 1 aliphatic rings. The number of carbonyl (C=O) groups is 1. The number of rotatable bonds is 3. The fraction of sp³-hybridized carbons (Fsp3) is 0.900. The molecule has 1 heterocycles. The summed E-state index contributed by atoms with van der Waals surface area (Å²) in [7, 11) is 0. The fourth-order valence-corrected chi connectivity index (χ4v) is 2.18. The predicted molar refractivity (Wildman–Crippen MR) is 50.1 cm³/mol. The zero-order valence-corrected chi connectivity index (χ0v) is 8.67. The number of amides is 1. The summed E-state index contributed by atoms with van der Waals surface area (Å²) in [5.41, 5.74) is 0. The molecule has 1 aliphatic heterocycles. The maximum Gasteiger partial charge on any atom is 0.315 e. The molecule has 0 aromatic carbocycles. The van der Waals surface area contributed by atoms with Crippen LogP contribution in [0.25, 0.3) is 0 Å². The molecule has 1 saturated heterocycles. The number of hydrogen-bond donors (Lipinski definition) is 0. The molecule has 4 heteroatoms. The second-order valence-electron chi connectivity index (χ2n) is 3.88. The molecule has 2 nitrogen and oxygen atoms in total. The van der Waals surface area contributed by atoms with Crippen LogP contribution in [0.5, 0.6) is 0 Å². The van der Waals surface area contributed by atoms with Crippen LogP contribution in [0.2, 0.25) is 0 Å². The van der Waals surface area contributed by atoms with Crippen molar-refractivity contribution in [2.45, 2.75) is 33.1 Å². The summed E-state index contributed by atoms with van der Waals surface area (Å²) in [5.74, 6) is -0.190. The Hall–Kier alpha value is -0.670. The summed E-state index contributed by atoms with van der Waals surface area (Å²) >= 11 is 0. The first-order valence-electron chi connectivity index (χ1n) is 5.17. The van der Waals surface area contributed by atoms with Crippen LogP contribution in [-0.2, 0) is 4.79 Å². The normalized spacial score (nSPS) is 27.4. The van der Waals surface area contributed by atoms with Crippen molar-refractivity contribution in [2.75, 3.05) is 13.1 Å². The van der Waals surface area contributed by atoms with Crippen molar-refractivity contribution in [1.82, 2.24) is 4.90 Å². The quantitative estimate of drug-likeness (QED) is 0.691. The van der Waals surface area contributed by atoms with E-state index >= 15 is 0 Å². The highest BCUT2D eigenvalue weighted by atomic mass is 19.3. The van der Waals surface area contributed by atoms with Crippen LogP contribution in [0.15, 0.2) is 0 Å². The third-order valence-electron chi connectivity index (χ3n) is 3.12. The molecule has 0 saturated carbocycles. The molecule has 14 heavy (non-hydrogen) atoms. The number of alkyl halides is 2. The second-order valence-corrected chi connectivity index (χ2v) is 3.88. The molecule has 1 amide bonds. The molecule has 0 bridgehead atoms. The number of halogens is 2. The largest absolute Gasteiger partial charge is 0.337 e. The molecule has 82 valence electrons. The van der Waals surface area contributed by atoms with E-state index in [1.807, 2.05) is 13.8 Å². The summed E-state index contributed by atoms with van der Waals surface area (Å²) in [6.45, 7) is 5.11. The Morgan fingerprint density at radius 2 is 1.71 bits per heavy atom. The van der Waals surface area contributed by atoms with Gasteiger partial charge >= 0.3 is 6.43 Å². The van der Waals surface area contributed by atoms with Gasteiger partial charge in [-0.05, 0) is 11.8 Å². The molecular weight excluding hydrogens is 188 g/mol. The van der Waals surface area contributed by atoms with Crippen LogP contribution in [0, 0.1) is 11.8 Å². The van der Waals surface area contributed by atoms with Gasteiger partial charge in [0.05, 0.1) is 0 Å². The third kappa shape index (κ3) is 2.22. The van der Waals surface area contributed by atoms with Crippen molar-refractivity contribution in [3.8, 4) is 0 Å². The van der Waals surface area contributed by atoms with E-state index < -0.39 is 12.3 Å². The molecule has 1 fully saturated rings. The van der Waals surface area contributed by atoms with Crippen molar-refractivity contribution >= 4 is 5.91 Å². The van der Waals surface area contributed by atoms with Gasteiger partial charge in [0.15, 0.2) is 0 Å². The monoisotopic (exact) mass is 205 g/mol. The molecule has 2 unspecified atom stereocenters. The topological polar surface area (TPSA) is 20.3 Å².